The van der Waals surface area contributed by atoms with E-state index in [-0.39, 0.29) is 11.8 Å². The molecule has 5 nitrogen and oxygen atoms in total. The maximum Gasteiger partial charge on any atom is 0.511 e. The lowest BCUT2D eigenvalue weighted by molar-refractivity contribution is 0.143. The Morgan fingerprint density at radius 3 is 2.66 bits per heavy atom. The van der Waals surface area contributed by atoms with Crippen LogP contribution in [0.15, 0.2) is 47.4 Å². The van der Waals surface area contributed by atoms with Crippen LogP contribution in [0, 0.1) is 0 Å². The largest absolute Gasteiger partial charge is 0.511 e. The Kier molecular flexibility index (Phi) is 5.52. The summed E-state index contributed by atoms with van der Waals surface area (Å²) in [5.74, 6) is -0.171. The summed E-state index contributed by atoms with van der Waals surface area (Å²) >= 11 is 12.4. The first-order chi connectivity index (χ1) is 13.9. The van der Waals surface area contributed by atoms with E-state index >= 15 is 0 Å². The minimum absolute atomic E-state index is 0.171. The number of halogens is 2. The Balaban J connectivity index is 1.83. The lowest BCUT2D eigenvalue weighted by atomic mass is 10.0. The number of fused-ring (bicyclic) bond motifs is 1. The molecule has 0 radical (unpaired) electrons. The number of benzene rings is 2. The molecule has 2 aromatic carbocycles. The Morgan fingerprint density at radius 2 is 1.93 bits per heavy atom. The Morgan fingerprint density at radius 1 is 1.17 bits per heavy atom. The fourth-order valence-electron chi connectivity index (χ4n) is 4.04. The molecule has 0 bridgehead atoms. The van der Waals surface area contributed by atoms with Gasteiger partial charge in [-0.05, 0) is 48.6 Å². The standard InChI is InChI=1S/C22H19Cl2NO4/c23-17-7-3-4-14(20(17)24)10-13-8-9-18-16(11-13)21(26)19(29-22(27)28)12-25(18)15-5-1-2-6-15/h3-4,7-9,11-12,15H,1-2,5-6,10H2,(H,27,28). The average molecular weight is 432 g/mol. The minimum atomic E-state index is -1.50. The fourth-order valence-corrected chi connectivity index (χ4v) is 4.43. The van der Waals surface area contributed by atoms with Gasteiger partial charge in [-0.25, -0.2) is 4.79 Å². The van der Waals surface area contributed by atoms with Crippen molar-refractivity contribution in [3.63, 3.8) is 0 Å². The van der Waals surface area contributed by atoms with Crippen molar-refractivity contribution >= 4 is 40.3 Å². The van der Waals surface area contributed by atoms with Gasteiger partial charge in [-0.2, -0.15) is 0 Å². The topological polar surface area (TPSA) is 68.5 Å². The summed E-state index contributed by atoms with van der Waals surface area (Å²) in [4.78, 5) is 24.0. The molecule has 0 spiro atoms. The van der Waals surface area contributed by atoms with E-state index in [4.69, 9.17) is 33.0 Å². The molecular formula is C22H19Cl2NO4. The third kappa shape index (κ3) is 3.98. The SMILES string of the molecule is O=C(O)Oc1cn(C2CCCC2)c2ccc(Cc3cccc(Cl)c3Cl)cc2c1=O. The predicted molar refractivity (Wildman–Crippen MR) is 114 cm³/mol. The van der Waals surface area contributed by atoms with Crippen LogP contribution >= 0.6 is 23.2 Å². The summed E-state index contributed by atoms with van der Waals surface area (Å²) in [6, 6.07) is 11.3. The van der Waals surface area contributed by atoms with Crippen LogP contribution in [0.4, 0.5) is 4.79 Å². The number of carbonyl (C=O) groups is 1. The molecule has 0 amide bonds. The lowest BCUT2D eigenvalue weighted by Crippen LogP contribution is -2.18. The van der Waals surface area contributed by atoms with Gasteiger partial charge in [0.05, 0.1) is 21.8 Å². The lowest BCUT2D eigenvalue weighted by Gasteiger charge is -2.19. The highest BCUT2D eigenvalue weighted by atomic mass is 35.5. The second kappa shape index (κ2) is 8.09. The van der Waals surface area contributed by atoms with Crippen LogP contribution in [0.2, 0.25) is 10.0 Å². The summed E-state index contributed by atoms with van der Waals surface area (Å²) in [5, 5.41) is 10.4. The van der Waals surface area contributed by atoms with Crippen molar-refractivity contribution in [2.24, 2.45) is 0 Å². The van der Waals surface area contributed by atoms with E-state index < -0.39 is 11.6 Å². The van der Waals surface area contributed by atoms with Crippen LogP contribution in [-0.2, 0) is 6.42 Å². The highest BCUT2D eigenvalue weighted by Gasteiger charge is 2.21. The molecule has 150 valence electrons. The minimum Gasteiger partial charge on any atom is -0.449 e. The van der Waals surface area contributed by atoms with E-state index in [1.165, 1.54) is 6.20 Å². The van der Waals surface area contributed by atoms with Crippen LogP contribution < -0.4 is 10.2 Å². The first-order valence-corrected chi connectivity index (χ1v) is 10.2. The molecular weight excluding hydrogens is 413 g/mol. The molecule has 1 aromatic heterocycles. The molecule has 1 fully saturated rings. The second-order valence-corrected chi connectivity index (χ2v) is 8.06. The summed E-state index contributed by atoms with van der Waals surface area (Å²) in [6.07, 6.45) is 4.73. The van der Waals surface area contributed by atoms with E-state index in [0.29, 0.717) is 21.9 Å². The van der Waals surface area contributed by atoms with Crippen LogP contribution in [0.3, 0.4) is 0 Å². The van der Waals surface area contributed by atoms with Crippen LogP contribution in [-0.4, -0.2) is 15.8 Å². The van der Waals surface area contributed by atoms with Crippen molar-refractivity contribution < 1.29 is 14.6 Å². The van der Waals surface area contributed by atoms with Crippen molar-refractivity contribution in [2.75, 3.05) is 0 Å². The molecule has 4 rings (SSSR count). The summed E-state index contributed by atoms with van der Waals surface area (Å²) in [6.45, 7) is 0. The van der Waals surface area contributed by atoms with Gasteiger partial charge in [0, 0.05) is 11.4 Å². The van der Waals surface area contributed by atoms with Crippen molar-refractivity contribution in [1.82, 2.24) is 4.57 Å². The number of ether oxygens (including phenoxy) is 1. The van der Waals surface area contributed by atoms with Gasteiger partial charge < -0.3 is 14.4 Å². The molecule has 0 atom stereocenters. The Hall–Kier alpha value is -2.50. The molecule has 0 unspecified atom stereocenters. The van der Waals surface area contributed by atoms with Gasteiger partial charge in [0.15, 0.2) is 5.75 Å². The van der Waals surface area contributed by atoms with E-state index in [1.54, 1.807) is 12.1 Å². The third-order valence-corrected chi connectivity index (χ3v) is 6.26. The Labute approximate surface area is 177 Å². The molecule has 1 N–H and O–H groups in total. The molecule has 0 aliphatic heterocycles. The van der Waals surface area contributed by atoms with E-state index in [2.05, 4.69) is 0 Å². The number of nitrogens with zero attached hydrogens (tertiary/aromatic N) is 1. The normalized spacial score (nSPS) is 14.4. The highest BCUT2D eigenvalue weighted by molar-refractivity contribution is 6.42. The van der Waals surface area contributed by atoms with Gasteiger partial charge in [-0.3, -0.25) is 4.79 Å². The number of hydrogen-bond donors (Lipinski definition) is 1. The molecule has 3 aromatic rings. The predicted octanol–water partition coefficient (Wildman–Crippen LogP) is 6.07. The van der Waals surface area contributed by atoms with E-state index in [1.807, 2.05) is 28.8 Å². The average Bonchev–Trinajstić information content (AvgIpc) is 3.22. The highest BCUT2D eigenvalue weighted by Crippen LogP contribution is 2.33. The van der Waals surface area contributed by atoms with Gasteiger partial charge in [0.1, 0.15) is 0 Å². The maximum atomic E-state index is 12.9. The fraction of sp³-hybridized carbons (Fsp3) is 0.273. The van der Waals surface area contributed by atoms with Crippen molar-refractivity contribution in [3.05, 3.63) is 74.0 Å². The molecule has 1 saturated carbocycles. The Bertz CT molecular complexity index is 1150. The van der Waals surface area contributed by atoms with Crippen LogP contribution in [0.5, 0.6) is 5.75 Å². The number of hydrogen-bond acceptors (Lipinski definition) is 3. The van der Waals surface area contributed by atoms with Gasteiger partial charge in [0.2, 0.25) is 5.43 Å². The number of rotatable bonds is 4. The third-order valence-electron chi connectivity index (χ3n) is 5.41. The zero-order valence-corrected chi connectivity index (χ0v) is 17.0. The molecule has 29 heavy (non-hydrogen) atoms. The zero-order valence-electron chi connectivity index (χ0n) is 15.5. The van der Waals surface area contributed by atoms with Crippen LogP contribution in [0.25, 0.3) is 10.9 Å². The van der Waals surface area contributed by atoms with Gasteiger partial charge in [-0.15, -0.1) is 0 Å². The molecule has 7 heteroatoms. The monoisotopic (exact) mass is 431 g/mol. The summed E-state index contributed by atoms with van der Waals surface area (Å²) in [7, 11) is 0. The van der Waals surface area contributed by atoms with E-state index in [9.17, 15) is 9.59 Å². The first-order valence-electron chi connectivity index (χ1n) is 9.45. The first kappa shape index (κ1) is 19.8. The molecule has 1 aliphatic carbocycles. The number of carboxylic acid groups (broad SMARTS) is 1. The summed E-state index contributed by atoms with van der Waals surface area (Å²) < 4.78 is 6.78. The second-order valence-electron chi connectivity index (χ2n) is 7.28. The van der Waals surface area contributed by atoms with Gasteiger partial charge >= 0.3 is 6.16 Å². The quantitative estimate of drug-likeness (QED) is 0.508. The number of aromatic nitrogens is 1. The number of pyridine rings is 1. The molecule has 1 aliphatic rings. The van der Waals surface area contributed by atoms with Crippen LogP contribution in [0.1, 0.15) is 42.9 Å². The smallest absolute Gasteiger partial charge is 0.449 e. The van der Waals surface area contributed by atoms with Gasteiger partial charge in [0.25, 0.3) is 0 Å². The molecule has 0 saturated heterocycles. The van der Waals surface area contributed by atoms with Crippen molar-refractivity contribution in [3.8, 4) is 5.75 Å². The summed E-state index contributed by atoms with van der Waals surface area (Å²) in [5.41, 5.74) is 2.08. The van der Waals surface area contributed by atoms with E-state index in [0.717, 1.165) is 42.3 Å². The van der Waals surface area contributed by atoms with Crippen molar-refractivity contribution in [2.45, 2.75) is 38.1 Å². The maximum absolute atomic E-state index is 12.9. The zero-order chi connectivity index (χ0) is 20.5. The van der Waals surface area contributed by atoms with Gasteiger partial charge in [-0.1, -0.05) is 54.2 Å². The van der Waals surface area contributed by atoms with Crippen molar-refractivity contribution in [1.29, 1.82) is 0 Å². The molecule has 1 heterocycles.